The van der Waals surface area contributed by atoms with Crippen LogP contribution in [0.25, 0.3) is 5.69 Å². The molecule has 1 heterocycles. The SMILES string of the molecule is Cc1ccc(-n2nc(C(C)(C)C)cc2N(C(=O)C(C)(O)c2ccccc2)c2ccccc2)cc1. The van der Waals surface area contributed by atoms with E-state index in [1.165, 1.54) is 6.92 Å². The summed E-state index contributed by atoms with van der Waals surface area (Å²) in [5, 5.41) is 16.4. The van der Waals surface area contributed by atoms with E-state index in [1.54, 1.807) is 21.7 Å². The first-order valence-electron chi connectivity index (χ1n) is 11.4. The predicted octanol–water partition coefficient (Wildman–Crippen LogP) is 6.05. The van der Waals surface area contributed by atoms with Gasteiger partial charge >= 0.3 is 0 Å². The van der Waals surface area contributed by atoms with Gasteiger partial charge in [0.25, 0.3) is 5.91 Å². The van der Waals surface area contributed by atoms with Gasteiger partial charge in [-0.3, -0.25) is 9.69 Å². The zero-order valence-electron chi connectivity index (χ0n) is 20.4. The molecule has 1 unspecified atom stereocenters. The number of aromatic nitrogens is 2. The lowest BCUT2D eigenvalue weighted by molar-refractivity contribution is -0.135. The largest absolute Gasteiger partial charge is 0.375 e. The second kappa shape index (κ2) is 8.92. The van der Waals surface area contributed by atoms with E-state index in [-0.39, 0.29) is 5.41 Å². The highest BCUT2D eigenvalue weighted by molar-refractivity contribution is 6.05. The fourth-order valence-electron chi connectivity index (χ4n) is 3.81. The van der Waals surface area contributed by atoms with Crippen LogP contribution in [0.2, 0.25) is 0 Å². The average Bonchev–Trinajstić information content (AvgIpc) is 3.26. The Balaban J connectivity index is 1.95. The van der Waals surface area contributed by atoms with Crippen LogP contribution in [0.5, 0.6) is 0 Å². The van der Waals surface area contributed by atoms with Gasteiger partial charge in [-0.05, 0) is 43.7 Å². The fraction of sp³-hybridized carbons (Fsp3) is 0.241. The molecule has 5 nitrogen and oxygen atoms in total. The molecule has 0 saturated carbocycles. The van der Waals surface area contributed by atoms with Gasteiger partial charge in [-0.2, -0.15) is 5.10 Å². The molecule has 1 N–H and O–H groups in total. The van der Waals surface area contributed by atoms with Crippen molar-refractivity contribution in [3.05, 3.63) is 108 Å². The standard InChI is InChI=1S/C29H31N3O2/c1-21-16-18-24(19-17-21)32-26(20-25(30-32)28(2,3)4)31(23-14-10-7-11-15-23)27(33)29(5,34)22-12-8-6-9-13-22/h6-20,34H,1-5H3. The summed E-state index contributed by atoms with van der Waals surface area (Å²) in [6, 6.07) is 28.4. The van der Waals surface area contributed by atoms with E-state index in [1.807, 2.05) is 85.8 Å². The van der Waals surface area contributed by atoms with Gasteiger partial charge in [-0.1, -0.05) is 87.0 Å². The minimum Gasteiger partial charge on any atom is -0.375 e. The summed E-state index contributed by atoms with van der Waals surface area (Å²) in [5.41, 5.74) is 2.01. The van der Waals surface area contributed by atoms with Crippen LogP contribution in [0.3, 0.4) is 0 Å². The smallest absolute Gasteiger partial charge is 0.269 e. The molecule has 174 valence electrons. The highest BCUT2D eigenvalue weighted by Crippen LogP contribution is 2.36. The highest BCUT2D eigenvalue weighted by atomic mass is 16.3. The first-order chi connectivity index (χ1) is 16.1. The lowest BCUT2D eigenvalue weighted by Crippen LogP contribution is -2.43. The molecule has 0 bridgehead atoms. The van der Waals surface area contributed by atoms with Crippen molar-refractivity contribution in [3.63, 3.8) is 0 Å². The number of benzene rings is 3. The summed E-state index contributed by atoms with van der Waals surface area (Å²) >= 11 is 0. The van der Waals surface area contributed by atoms with Gasteiger partial charge in [0.05, 0.1) is 17.1 Å². The number of aryl methyl sites for hydroxylation is 1. The van der Waals surface area contributed by atoms with Crippen molar-refractivity contribution < 1.29 is 9.90 Å². The summed E-state index contributed by atoms with van der Waals surface area (Å²) in [6.07, 6.45) is 0. The number of hydrogen-bond acceptors (Lipinski definition) is 3. The van der Waals surface area contributed by atoms with E-state index in [0.717, 1.165) is 16.9 Å². The van der Waals surface area contributed by atoms with E-state index in [9.17, 15) is 9.90 Å². The molecule has 34 heavy (non-hydrogen) atoms. The number of amides is 1. The van der Waals surface area contributed by atoms with Crippen molar-refractivity contribution in [2.45, 2.75) is 45.6 Å². The molecule has 0 aliphatic heterocycles. The van der Waals surface area contributed by atoms with E-state index < -0.39 is 11.5 Å². The third-order valence-electron chi connectivity index (χ3n) is 5.94. The summed E-state index contributed by atoms with van der Waals surface area (Å²) < 4.78 is 1.78. The summed E-state index contributed by atoms with van der Waals surface area (Å²) in [6.45, 7) is 9.84. The molecule has 0 fully saturated rings. The topological polar surface area (TPSA) is 58.4 Å². The number of carbonyl (C=O) groups is 1. The molecular weight excluding hydrogens is 422 g/mol. The molecule has 5 heteroatoms. The Morgan fingerprint density at radius 2 is 1.41 bits per heavy atom. The zero-order valence-corrected chi connectivity index (χ0v) is 20.4. The number of hydrogen-bond donors (Lipinski definition) is 1. The van der Waals surface area contributed by atoms with Gasteiger partial charge in [0.1, 0.15) is 5.82 Å². The van der Waals surface area contributed by atoms with Crippen LogP contribution >= 0.6 is 0 Å². The van der Waals surface area contributed by atoms with Crippen LogP contribution in [0.1, 0.15) is 44.5 Å². The molecule has 0 aliphatic carbocycles. The molecule has 1 amide bonds. The van der Waals surface area contributed by atoms with Crippen LogP contribution in [0, 0.1) is 6.92 Å². The van der Waals surface area contributed by atoms with Gasteiger partial charge < -0.3 is 5.11 Å². The van der Waals surface area contributed by atoms with Gasteiger partial charge in [0.2, 0.25) is 0 Å². The van der Waals surface area contributed by atoms with Gasteiger partial charge in [-0.25, -0.2) is 4.68 Å². The Kier molecular flexibility index (Phi) is 6.15. The Labute approximate surface area is 201 Å². The number of nitrogens with zero attached hydrogens (tertiary/aromatic N) is 3. The van der Waals surface area contributed by atoms with Crippen molar-refractivity contribution in [2.75, 3.05) is 4.90 Å². The van der Waals surface area contributed by atoms with Crippen molar-refractivity contribution in [3.8, 4) is 5.69 Å². The van der Waals surface area contributed by atoms with E-state index >= 15 is 0 Å². The molecule has 4 aromatic rings. The maximum atomic E-state index is 14.1. The maximum Gasteiger partial charge on any atom is 0.269 e. The van der Waals surface area contributed by atoms with E-state index in [0.29, 0.717) is 17.1 Å². The minimum atomic E-state index is -1.75. The van der Waals surface area contributed by atoms with Crippen molar-refractivity contribution in [1.82, 2.24) is 9.78 Å². The van der Waals surface area contributed by atoms with Gasteiger partial charge in [0, 0.05) is 11.5 Å². The van der Waals surface area contributed by atoms with Gasteiger partial charge in [0.15, 0.2) is 5.60 Å². The van der Waals surface area contributed by atoms with Crippen LogP contribution in [-0.4, -0.2) is 20.8 Å². The minimum absolute atomic E-state index is 0.238. The Hall–Kier alpha value is -3.70. The normalized spacial score (nSPS) is 13.4. The van der Waals surface area contributed by atoms with Gasteiger partial charge in [-0.15, -0.1) is 0 Å². The number of carbonyl (C=O) groups excluding carboxylic acids is 1. The molecule has 4 rings (SSSR count). The first-order valence-corrected chi connectivity index (χ1v) is 11.4. The highest BCUT2D eigenvalue weighted by Gasteiger charge is 2.39. The molecule has 0 saturated heterocycles. The monoisotopic (exact) mass is 453 g/mol. The Bertz CT molecular complexity index is 1270. The van der Waals surface area contributed by atoms with Crippen molar-refractivity contribution in [2.24, 2.45) is 0 Å². The number of anilines is 2. The quantitative estimate of drug-likeness (QED) is 0.400. The molecule has 0 radical (unpaired) electrons. The van der Waals surface area contributed by atoms with Crippen LogP contribution in [0.4, 0.5) is 11.5 Å². The Morgan fingerprint density at radius 1 is 0.853 bits per heavy atom. The average molecular weight is 454 g/mol. The fourth-order valence-corrected chi connectivity index (χ4v) is 3.81. The molecule has 1 atom stereocenters. The lowest BCUT2D eigenvalue weighted by Gasteiger charge is -2.31. The maximum absolute atomic E-state index is 14.1. The second-order valence-corrected chi connectivity index (χ2v) is 9.80. The first kappa shape index (κ1) is 23.5. The summed E-state index contributed by atoms with van der Waals surface area (Å²) in [5.74, 6) is 0.111. The summed E-state index contributed by atoms with van der Waals surface area (Å²) in [7, 11) is 0. The number of aliphatic hydroxyl groups is 1. The van der Waals surface area contributed by atoms with Crippen LogP contribution in [0.15, 0.2) is 91.0 Å². The predicted molar refractivity (Wildman–Crippen MR) is 137 cm³/mol. The zero-order chi connectivity index (χ0) is 24.5. The van der Waals surface area contributed by atoms with E-state index in [4.69, 9.17) is 5.10 Å². The van der Waals surface area contributed by atoms with Crippen molar-refractivity contribution >= 4 is 17.4 Å². The third kappa shape index (κ3) is 4.52. The number of rotatable bonds is 5. The summed E-state index contributed by atoms with van der Waals surface area (Å²) in [4.78, 5) is 15.7. The lowest BCUT2D eigenvalue weighted by atomic mass is 9.92. The molecule has 0 spiro atoms. The van der Waals surface area contributed by atoms with Crippen molar-refractivity contribution in [1.29, 1.82) is 0 Å². The number of para-hydroxylation sites is 1. The van der Waals surface area contributed by atoms with Crippen LogP contribution < -0.4 is 4.90 Å². The second-order valence-electron chi connectivity index (χ2n) is 9.80. The van der Waals surface area contributed by atoms with E-state index in [2.05, 4.69) is 20.8 Å². The molecule has 0 aliphatic rings. The Morgan fingerprint density at radius 3 is 1.97 bits per heavy atom. The third-order valence-corrected chi connectivity index (χ3v) is 5.94. The molecule has 3 aromatic carbocycles. The molecule has 1 aromatic heterocycles. The molecular formula is C29H31N3O2. The van der Waals surface area contributed by atoms with Crippen LogP contribution in [-0.2, 0) is 15.8 Å².